The van der Waals surface area contributed by atoms with Gasteiger partial charge in [0, 0.05) is 50.8 Å². The topological polar surface area (TPSA) is 50.8 Å². The summed E-state index contributed by atoms with van der Waals surface area (Å²) in [6.07, 6.45) is 11.6. The van der Waals surface area contributed by atoms with Gasteiger partial charge in [-0.05, 0) is 38.0 Å². The third-order valence-electron chi connectivity index (χ3n) is 7.49. The van der Waals surface area contributed by atoms with Gasteiger partial charge in [-0.1, -0.05) is 73.1 Å². The van der Waals surface area contributed by atoms with Crippen LogP contribution in [0, 0.1) is 11.8 Å². The number of nitrogens with zero attached hydrogens (tertiary/aromatic N) is 2. The molecule has 0 aliphatic carbocycles. The van der Waals surface area contributed by atoms with Crippen molar-refractivity contribution < 1.29 is 5.11 Å². The Hall–Kier alpha value is -0.200. The minimum Gasteiger partial charge on any atom is -0.395 e. The van der Waals surface area contributed by atoms with Gasteiger partial charge in [-0.25, -0.2) is 0 Å². The molecule has 0 amide bonds. The van der Waals surface area contributed by atoms with Crippen molar-refractivity contribution in [1.29, 1.82) is 0 Å². The van der Waals surface area contributed by atoms with Gasteiger partial charge in [0.1, 0.15) is 0 Å². The Bertz CT molecular complexity index is 417. The third kappa shape index (κ3) is 11.8. The van der Waals surface area contributed by atoms with Crippen molar-refractivity contribution in [3.63, 3.8) is 0 Å². The second kappa shape index (κ2) is 17.3. The van der Waals surface area contributed by atoms with Crippen LogP contribution in [0.5, 0.6) is 0 Å². The first-order chi connectivity index (χ1) is 15.4. The minimum atomic E-state index is 0.118. The molecule has 1 rings (SSSR count). The summed E-state index contributed by atoms with van der Waals surface area (Å²) in [4.78, 5) is 5.48. The first kappa shape index (κ1) is 29.8. The number of aliphatic hydroxyl groups is 1. The zero-order valence-electron chi connectivity index (χ0n) is 22.6. The normalized spacial score (nSPS) is 23.3. The van der Waals surface area contributed by atoms with Crippen molar-refractivity contribution in [2.75, 3.05) is 52.5 Å². The van der Waals surface area contributed by atoms with Crippen LogP contribution in [0.3, 0.4) is 0 Å². The Kier molecular flexibility index (Phi) is 16.1. The van der Waals surface area contributed by atoms with Crippen molar-refractivity contribution in [3.05, 3.63) is 0 Å². The molecule has 2 unspecified atom stereocenters. The van der Waals surface area contributed by atoms with E-state index in [-0.39, 0.29) is 18.2 Å². The fraction of sp³-hybridized carbons (Fsp3) is 1.00. The van der Waals surface area contributed by atoms with Crippen molar-refractivity contribution in [1.82, 2.24) is 20.4 Å². The Morgan fingerprint density at radius 3 is 1.75 bits per heavy atom. The van der Waals surface area contributed by atoms with Crippen LogP contribution >= 0.6 is 0 Å². The van der Waals surface area contributed by atoms with Gasteiger partial charge in [0.15, 0.2) is 0 Å². The second-order valence-corrected chi connectivity index (χ2v) is 10.7. The van der Waals surface area contributed by atoms with E-state index in [1.807, 2.05) is 0 Å². The van der Waals surface area contributed by atoms with Crippen LogP contribution in [0.2, 0.25) is 0 Å². The molecule has 3 atom stereocenters. The number of rotatable bonds is 19. The Balaban J connectivity index is 2.75. The van der Waals surface area contributed by atoms with Crippen LogP contribution in [0.25, 0.3) is 0 Å². The largest absolute Gasteiger partial charge is 0.395 e. The summed E-state index contributed by atoms with van der Waals surface area (Å²) in [5.41, 5.74) is 0.118. The predicted octanol–water partition coefficient (Wildman–Crippen LogP) is 4.70. The molecule has 1 fully saturated rings. The van der Waals surface area contributed by atoms with Gasteiger partial charge in [0.05, 0.1) is 13.3 Å². The predicted molar refractivity (Wildman–Crippen MR) is 140 cm³/mol. The first-order valence-electron chi connectivity index (χ1n) is 14.0. The van der Waals surface area contributed by atoms with Gasteiger partial charge >= 0.3 is 0 Å². The highest BCUT2D eigenvalue weighted by Crippen LogP contribution is 2.23. The van der Waals surface area contributed by atoms with Gasteiger partial charge in [-0.2, -0.15) is 0 Å². The molecule has 0 aromatic rings. The average Bonchev–Trinajstić information content (AvgIpc) is 2.79. The lowest BCUT2D eigenvalue weighted by Gasteiger charge is -2.48. The maximum Gasteiger partial charge on any atom is 0.0584 e. The zero-order valence-corrected chi connectivity index (χ0v) is 22.6. The quantitative estimate of drug-likeness (QED) is 0.247. The van der Waals surface area contributed by atoms with Crippen molar-refractivity contribution >= 4 is 0 Å². The van der Waals surface area contributed by atoms with Gasteiger partial charge in [-0.3, -0.25) is 9.80 Å². The monoisotopic (exact) mass is 454 g/mol. The molecule has 1 heterocycles. The van der Waals surface area contributed by atoms with E-state index in [0.29, 0.717) is 0 Å². The molecule has 1 saturated heterocycles. The molecular formula is C27H58N4O. The van der Waals surface area contributed by atoms with E-state index in [9.17, 15) is 5.11 Å². The summed E-state index contributed by atoms with van der Waals surface area (Å²) < 4.78 is 0. The van der Waals surface area contributed by atoms with Crippen LogP contribution < -0.4 is 10.6 Å². The highest BCUT2D eigenvalue weighted by molar-refractivity contribution is 4.94. The van der Waals surface area contributed by atoms with E-state index in [0.717, 1.165) is 51.1 Å². The molecule has 5 nitrogen and oxygen atoms in total. The summed E-state index contributed by atoms with van der Waals surface area (Å²) in [6.45, 7) is 21.9. The molecular weight excluding hydrogens is 396 g/mol. The van der Waals surface area contributed by atoms with E-state index < -0.39 is 0 Å². The third-order valence-corrected chi connectivity index (χ3v) is 7.49. The molecule has 0 radical (unpaired) electrons. The molecule has 192 valence electrons. The maximum absolute atomic E-state index is 9.44. The van der Waals surface area contributed by atoms with E-state index >= 15 is 0 Å². The Morgan fingerprint density at radius 1 is 0.812 bits per heavy atom. The zero-order chi connectivity index (χ0) is 23.8. The van der Waals surface area contributed by atoms with Crippen LogP contribution in [0.4, 0.5) is 0 Å². The lowest BCUT2D eigenvalue weighted by molar-refractivity contribution is 0.00510. The maximum atomic E-state index is 9.44. The lowest BCUT2D eigenvalue weighted by Crippen LogP contribution is -2.65. The Labute approximate surface area is 201 Å². The van der Waals surface area contributed by atoms with Crippen LogP contribution in [-0.4, -0.2) is 79.0 Å². The Morgan fingerprint density at radius 2 is 1.34 bits per heavy atom. The fourth-order valence-electron chi connectivity index (χ4n) is 5.32. The highest BCUT2D eigenvalue weighted by Gasteiger charge is 2.35. The number of nitrogens with one attached hydrogen (secondary N) is 2. The summed E-state index contributed by atoms with van der Waals surface area (Å²) in [5.74, 6) is 1.63. The van der Waals surface area contributed by atoms with Crippen LogP contribution in [0.1, 0.15) is 99.3 Å². The molecule has 1 aliphatic rings. The van der Waals surface area contributed by atoms with Gasteiger partial charge in [-0.15, -0.1) is 0 Å². The molecule has 0 spiro atoms. The number of unbranched alkanes of at least 4 members (excludes halogenated alkanes) is 2. The summed E-state index contributed by atoms with van der Waals surface area (Å²) in [5, 5.41) is 16.8. The van der Waals surface area contributed by atoms with E-state index in [4.69, 9.17) is 0 Å². The number of aliphatic hydroxyl groups excluding tert-OH is 1. The van der Waals surface area contributed by atoms with Gasteiger partial charge < -0.3 is 15.7 Å². The van der Waals surface area contributed by atoms with E-state index in [1.165, 1.54) is 64.5 Å². The number of hydrogen-bond donors (Lipinski definition) is 3. The first-order valence-corrected chi connectivity index (χ1v) is 14.0. The van der Waals surface area contributed by atoms with Crippen molar-refractivity contribution in [2.45, 2.75) is 111 Å². The SMILES string of the molecule is CCCCC(CC)CN1CN(CC(CC)CCCC)CC(C)(NCCN[C@H](CC)CO)C1. The fourth-order valence-corrected chi connectivity index (χ4v) is 5.32. The molecule has 32 heavy (non-hydrogen) atoms. The van der Waals surface area contributed by atoms with Crippen molar-refractivity contribution in [3.8, 4) is 0 Å². The lowest BCUT2D eigenvalue weighted by atomic mass is 9.93. The van der Waals surface area contributed by atoms with Crippen LogP contribution in [-0.2, 0) is 0 Å². The molecule has 0 aromatic heterocycles. The summed E-state index contributed by atoms with van der Waals surface area (Å²) in [6, 6.07) is 0.219. The molecule has 5 heteroatoms. The molecule has 0 aromatic carbocycles. The molecule has 0 saturated carbocycles. The molecule has 1 aliphatic heterocycles. The smallest absolute Gasteiger partial charge is 0.0584 e. The number of hydrogen-bond acceptors (Lipinski definition) is 5. The summed E-state index contributed by atoms with van der Waals surface area (Å²) >= 11 is 0. The average molecular weight is 455 g/mol. The minimum absolute atomic E-state index is 0.118. The van der Waals surface area contributed by atoms with E-state index in [2.05, 4.69) is 62.0 Å². The highest BCUT2D eigenvalue weighted by atomic mass is 16.3. The molecule has 3 N–H and O–H groups in total. The van der Waals surface area contributed by atoms with E-state index in [1.54, 1.807) is 0 Å². The van der Waals surface area contributed by atoms with Gasteiger partial charge in [0.25, 0.3) is 0 Å². The van der Waals surface area contributed by atoms with Crippen LogP contribution in [0.15, 0.2) is 0 Å². The standard InChI is InChI=1S/C27H58N4O/c1-7-12-14-24(9-3)18-30-21-27(6,29-17-16-28-26(11-5)20-32)22-31(23-30)19-25(10-4)15-13-8-2/h24-26,28-29,32H,7-23H2,1-6H3/t24?,25?,26-,27?/m1/s1. The van der Waals surface area contributed by atoms with Gasteiger partial charge in [0.2, 0.25) is 0 Å². The van der Waals surface area contributed by atoms with Crippen molar-refractivity contribution in [2.24, 2.45) is 11.8 Å². The summed E-state index contributed by atoms with van der Waals surface area (Å²) in [7, 11) is 0. The second-order valence-electron chi connectivity index (χ2n) is 10.7. The molecule has 0 bridgehead atoms.